The summed E-state index contributed by atoms with van der Waals surface area (Å²) in [4.78, 5) is 12.9. The van der Waals surface area contributed by atoms with Gasteiger partial charge < -0.3 is 9.30 Å². The lowest BCUT2D eigenvalue weighted by atomic mass is 10.00. The summed E-state index contributed by atoms with van der Waals surface area (Å²) in [6.45, 7) is 5.48. The normalized spacial score (nSPS) is 11.5. The molecule has 0 N–H and O–H groups in total. The number of hydrogen-bond donors (Lipinski definition) is 0. The molecule has 0 atom stereocenters. The molecule has 3 heteroatoms. The van der Waals surface area contributed by atoms with E-state index in [2.05, 4.69) is 60.9 Å². The Labute approximate surface area is 153 Å². The van der Waals surface area contributed by atoms with E-state index in [4.69, 9.17) is 4.74 Å². The van der Waals surface area contributed by atoms with Crippen LogP contribution < -0.4 is 0 Å². The van der Waals surface area contributed by atoms with Gasteiger partial charge in [-0.15, -0.1) is 0 Å². The van der Waals surface area contributed by atoms with Gasteiger partial charge in [0.1, 0.15) is 0 Å². The van der Waals surface area contributed by atoms with Crippen LogP contribution in [0.25, 0.3) is 32.6 Å². The van der Waals surface area contributed by atoms with Crippen LogP contribution in [0.1, 0.15) is 37.0 Å². The maximum absolute atomic E-state index is 12.9. The van der Waals surface area contributed by atoms with E-state index in [1.807, 2.05) is 12.1 Å². The molecule has 132 valence electrons. The second-order valence-electron chi connectivity index (χ2n) is 6.62. The standard InChI is InChI=1S/C23H23NO2/c1-3-5-14-26-23(25)19-15-16-10-6-7-11-17(16)21-18-12-8-9-13-20(18)24(4-2)22(19)21/h6-13,15H,3-5,14H2,1-2H3. The molecule has 4 aromatic rings. The quantitative estimate of drug-likeness (QED) is 0.332. The maximum atomic E-state index is 12.9. The maximum Gasteiger partial charge on any atom is 0.340 e. The molecular formula is C23H23NO2. The second-order valence-corrected chi connectivity index (χ2v) is 6.62. The molecule has 1 aromatic heterocycles. The molecule has 4 rings (SSSR count). The molecule has 0 spiro atoms. The van der Waals surface area contributed by atoms with E-state index >= 15 is 0 Å². The van der Waals surface area contributed by atoms with Crippen molar-refractivity contribution in [3.8, 4) is 0 Å². The van der Waals surface area contributed by atoms with Crippen molar-refractivity contribution < 1.29 is 9.53 Å². The summed E-state index contributed by atoms with van der Waals surface area (Å²) in [5, 5.41) is 4.57. The van der Waals surface area contributed by atoms with Crippen LogP contribution in [0.2, 0.25) is 0 Å². The third kappa shape index (κ3) is 2.55. The van der Waals surface area contributed by atoms with Gasteiger partial charge in [-0.05, 0) is 36.2 Å². The average molecular weight is 345 g/mol. The highest BCUT2D eigenvalue weighted by atomic mass is 16.5. The summed E-state index contributed by atoms with van der Waals surface area (Å²) in [5.74, 6) is -0.230. The van der Waals surface area contributed by atoms with Gasteiger partial charge in [0, 0.05) is 22.8 Å². The van der Waals surface area contributed by atoms with Gasteiger partial charge in [-0.1, -0.05) is 55.8 Å². The van der Waals surface area contributed by atoms with E-state index in [9.17, 15) is 4.79 Å². The van der Waals surface area contributed by atoms with Crippen molar-refractivity contribution >= 4 is 38.5 Å². The number of hydrogen-bond acceptors (Lipinski definition) is 2. The molecule has 0 saturated heterocycles. The predicted octanol–water partition coefficient (Wildman–Crippen LogP) is 5.92. The van der Waals surface area contributed by atoms with Crippen LogP contribution in [-0.2, 0) is 11.3 Å². The number of rotatable bonds is 5. The first-order valence-corrected chi connectivity index (χ1v) is 9.36. The highest BCUT2D eigenvalue weighted by Gasteiger charge is 2.20. The molecule has 0 amide bonds. The lowest BCUT2D eigenvalue weighted by Gasteiger charge is -2.11. The molecule has 0 aliphatic rings. The third-order valence-corrected chi connectivity index (χ3v) is 5.02. The number of benzene rings is 3. The molecule has 0 radical (unpaired) electrons. The SMILES string of the molecule is CCCCOC(=O)c1cc2ccccc2c2c3ccccc3n(CC)c12. The molecule has 3 nitrogen and oxygen atoms in total. The Kier molecular flexibility index (Phi) is 4.37. The van der Waals surface area contributed by atoms with Gasteiger partial charge in [-0.2, -0.15) is 0 Å². The molecule has 0 saturated carbocycles. The van der Waals surface area contributed by atoms with Crippen molar-refractivity contribution in [2.75, 3.05) is 6.61 Å². The summed E-state index contributed by atoms with van der Waals surface area (Å²) in [6, 6.07) is 18.6. The monoisotopic (exact) mass is 345 g/mol. The lowest BCUT2D eigenvalue weighted by molar-refractivity contribution is 0.0502. The van der Waals surface area contributed by atoms with Crippen LogP contribution in [0.5, 0.6) is 0 Å². The Morgan fingerprint density at radius 1 is 1.00 bits per heavy atom. The number of esters is 1. The van der Waals surface area contributed by atoms with E-state index in [1.54, 1.807) is 0 Å². The molecule has 1 heterocycles. The van der Waals surface area contributed by atoms with Crippen molar-refractivity contribution in [3.63, 3.8) is 0 Å². The number of aryl methyl sites for hydroxylation is 1. The van der Waals surface area contributed by atoms with Crippen molar-refractivity contribution in [3.05, 3.63) is 60.2 Å². The number of carbonyl (C=O) groups is 1. The smallest absolute Gasteiger partial charge is 0.340 e. The average Bonchev–Trinajstić information content (AvgIpc) is 3.02. The summed E-state index contributed by atoms with van der Waals surface area (Å²) in [5.41, 5.74) is 2.80. The number of unbranched alkanes of at least 4 members (excludes halogenated alkanes) is 1. The van der Waals surface area contributed by atoms with Gasteiger partial charge in [-0.3, -0.25) is 0 Å². The molecule has 0 unspecified atom stereocenters. The summed E-state index contributed by atoms with van der Waals surface area (Å²) in [7, 11) is 0. The fourth-order valence-corrected chi connectivity index (χ4v) is 3.80. The van der Waals surface area contributed by atoms with Gasteiger partial charge in [-0.25, -0.2) is 4.79 Å². The molecule has 0 fully saturated rings. The first-order chi connectivity index (χ1) is 12.8. The number of para-hydroxylation sites is 1. The summed E-state index contributed by atoms with van der Waals surface area (Å²) < 4.78 is 7.80. The van der Waals surface area contributed by atoms with Gasteiger partial charge in [0.05, 0.1) is 17.7 Å². The van der Waals surface area contributed by atoms with Gasteiger partial charge >= 0.3 is 5.97 Å². The first kappa shape index (κ1) is 16.6. The van der Waals surface area contributed by atoms with Crippen LogP contribution in [0, 0.1) is 0 Å². The minimum atomic E-state index is -0.230. The summed E-state index contributed by atoms with van der Waals surface area (Å²) in [6.07, 6.45) is 1.90. The van der Waals surface area contributed by atoms with Gasteiger partial charge in [0.15, 0.2) is 0 Å². The number of nitrogens with zero attached hydrogens (tertiary/aromatic N) is 1. The number of ether oxygens (including phenoxy) is 1. The molecule has 0 bridgehead atoms. The Morgan fingerprint density at radius 2 is 1.73 bits per heavy atom. The number of aromatic nitrogens is 1. The lowest BCUT2D eigenvalue weighted by Crippen LogP contribution is -2.09. The zero-order chi connectivity index (χ0) is 18.1. The molecule has 26 heavy (non-hydrogen) atoms. The summed E-state index contributed by atoms with van der Waals surface area (Å²) >= 11 is 0. The second kappa shape index (κ2) is 6.83. The largest absolute Gasteiger partial charge is 0.462 e. The fraction of sp³-hybridized carbons (Fsp3) is 0.261. The molecular weight excluding hydrogens is 322 g/mol. The van der Waals surface area contributed by atoms with Gasteiger partial charge in [0.25, 0.3) is 0 Å². The minimum absolute atomic E-state index is 0.230. The highest BCUT2D eigenvalue weighted by Crippen LogP contribution is 2.37. The van der Waals surface area contributed by atoms with E-state index < -0.39 is 0 Å². The first-order valence-electron chi connectivity index (χ1n) is 9.36. The van der Waals surface area contributed by atoms with Crippen molar-refractivity contribution in [2.24, 2.45) is 0 Å². The number of carbonyl (C=O) groups excluding carboxylic acids is 1. The van der Waals surface area contributed by atoms with Crippen molar-refractivity contribution in [2.45, 2.75) is 33.2 Å². The van der Waals surface area contributed by atoms with E-state index in [0.29, 0.717) is 12.2 Å². The predicted molar refractivity (Wildman–Crippen MR) is 108 cm³/mol. The van der Waals surface area contributed by atoms with Crippen LogP contribution in [0.3, 0.4) is 0 Å². The van der Waals surface area contributed by atoms with Gasteiger partial charge in [0.2, 0.25) is 0 Å². The highest BCUT2D eigenvalue weighted by molar-refractivity contribution is 6.25. The molecule has 0 aliphatic heterocycles. The van der Waals surface area contributed by atoms with E-state index in [-0.39, 0.29) is 5.97 Å². The van der Waals surface area contributed by atoms with E-state index in [1.165, 1.54) is 10.8 Å². The zero-order valence-electron chi connectivity index (χ0n) is 15.3. The van der Waals surface area contributed by atoms with Crippen molar-refractivity contribution in [1.29, 1.82) is 0 Å². The Hall–Kier alpha value is -2.81. The van der Waals surface area contributed by atoms with Crippen LogP contribution >= 0.6 is 0 Å². The molecule has 3 aromatic carbocycles. The van der Waals surface area contributed by atoms with Crippen molar-refractivity contribution in [1.82, 2.24) is 4.57 Å². The fourth-order valence-electron chi connectivity index (χ4n) is 3.80. The minimum Gasteiger partial charge on any atom is -0.462 e. The van der Waals surface area contributed by atoms with Crippen LogP contribution in [0.15, 0.2) is 54.6 Å². The van der Waals surface area contributed by atoms with Crippen LogP contribution in [-0.4, -0.2) is 17.1 Å². The molecule has 0 aliphatic carbocycles. The Bertz CT molecular complexity index is 1110. The topological polar surface area (TPSA) is 31.2 Å². The zero-order valence-corrected chi connectivity index (χ0v) is 15.3. The Balaban J connectivity index is 2.08. The number of fused-ring (bicyclic) bond motifs is 5. The third-order valence-electron chi connectivity index (χ3n) is 5.02. The van der Waals surface area contributed by atoms with E-state index in [0.717, 1.165) is 41.2 Å². The van der Waals surface area contributed by atoms with Crippen LogP contribution in [0.4, 0.5) is 0 Å². The Morgan fingerprint density at radius 3 is 2.50 bits per heavy atom.